The van der Waals surface area contributed by atoms with E-state index in [1.807, 2.05) is 0 Å². The fourth-order valence-electron chi connectivity index (χ4n) is 7.33. The van der Waals surface area contributed by atoms with Crippen LogP contribution in [-0.4, -0.2) is 121 Å². The van der Waals surface area contributed by atoms with Gasteiger partial charge in [0.1, 0.15) is 18.6 Å². The predicted molar refractivity (Wildman–Crippen MR) is 175 cm³/mol. The smallest absolute Gasteiger partial charge is 0.410 e. The van der Waals surface area contributed by atoms with Gasteiger partial charge in [-0.2, -0.15) is 54.6 Å². The van der Waals surface area contributed by atoms with Gasteiger partial charge < -0.3 is 20.7 Å². The molecule has 1 aliphatic heterocycles. The number of carboxylic acid groups (broad SMARTS) is 1. The minimum Gasteiger partial charge on any atom is -0.465 e. The Bertz CT molecular complexity index is 1420. The molecule has 4 rings (SSSR count). The molecule has 49 heavy (non-hydrogen) atoms. The average Bonchev–Trinajstić information content (AvgIpc) is 3.00. The maximum Gasteiger partial charge on any atom is 0.410 e. The number of halogens is 1. The fourth-order valence-corrected chi connectivity index (χ4v) is 9.63. The zero-order valence-electron chi connectivity index (χ0n) is 26.4. The van der Waals surface area contributed by atoms with Crippen LogP contribution in [0.5, 0.6) is 0 Å². The van der Waals surface area contributed by atoms with Crippen molar-refractivity contribution in [2.45, 2.75) is 105 Å². The van der Waals surface area contributed by atoms with Crippen molar-refractivity contribution in [3.63, 3.8) is 0 Å². The Balaban J connectivity index is 1.69. The van der Waals surface area contributed by atoms with E-state index in [1.54, 1.807) is 6.92 Å². The summed E-state index contributed by atoms with van der Waals surface area (Å²) in [5, 5.41) is 41.0. The van der Waals surface area contributed by atoms with E-state index < -0.39 is 105 Å². The highest BCUT2D eigenvalue weighted by molar-refractivity contribution is 7.87. The number of nitrogens with zero attached hydrogens (tertiary/aromatic N) is 3. The largest absolute Gasteiger partial charge is 0.465 e. The highest BCUT2D eigenvalue weighted by Gasteiger charge is 2.54. The van der Waals surface area contributed by atoms with Crippen molar-refractivity contribution in [3.8, 4) is 0 Å². The first kappa shape index (κ1) is 40.3. The number of amides is 2. The molecule has 3 aliphatic carbocycles. The third-order valence-corrected chi connectivity index (χ3v) is 12.3. The van der Waals surface area contributed by atoms with Crippen molar-refractivity contribution in [3.05, 3.63) is 0 Å². The number of rotatable bonds is 13. The molecule has 0 aromatic carbocycles. The van der Waals surface area contributed by atoms with E-state index in [2.05, 4.69) is 53.1 Å². The number of alkyl halides is 1. The van der Waals surface area contributed by atoms with Crippen molar-refractivity contribution in [1.82, 2.24) is 30.9 Å². The number of hydrogen-bond donors (Lipinski definition) is 11. The van der Waals surface area contributed by atoms with Gasteiger partial charge in [0.05, 0.1) is 35.2 Å². The van der Waals surface area contributed by atoms with Crippen LogP contribution in [0.1, 0.15) is 45.4 Å². The molecule has 12 N–H and O–H groups in total. The molecule has 1 saturated heterocycles. The van der Waals surface area contributed by atoms with Crippen LogP contribution in [0.3, 0.4) is 0 Å². The van der Waals surface area contributed by atoms with Crippen LogP contribution in [0, 0.1) is 17.8 Å². The molecule has 4 aliphatic rings. The molecule has 2 amide bonds. The maximum absolute atomic E-state index is 12.9. The number of carbonyl (C=O) groups is 2. The minimum absolute atomic E-state index is 0.0971. The normalized spacial score (nSPS) is 38.9. The van der Waals surface area contributed by atoms with Gasteiger partial charge in [-0.15, -0.1) is 11.6 Å². The Morgan fingerprint density at radius 1 is 1.08 bits per heavy atom. The molecule has 25 heteroatoms. The molecule has 13 atom stereocenters. The number of azo groups is 1. The second-order valence-corrected chi connectivity index (χ2v) is 16.4. The van der Waals surface area contributed by atoms with Crippen LogP contribution in [0.25, 0.3) is 0 Å². The monoisotopic (exact) mass is 780 g/mol. The van der Waals surface area contributed by atoms with Crippen molar-refractivity contribution < 1.29 is 50.2 Å². The summed E-state index contributed by atoms with van der Waals surface area (Å²) in [4.78, 5) is 25.0. The van der Waals surface area contributed by atoms with Crippen molar-refractivity contribution in [2.75, 3.05) is 12.5 Å². The van der Waals surface area contributed by atoms with Crippen LogP contribution in [0.15, 0.2) is 10.2 Å². The van der Waals surface area contributed by atoms with Gasteiger partial charge in [0.15, 0.2) is 6.35 Å². The summed E-state index contributed by atoms with van der Waals surface area (Å²) < 4.78 is 71.6. The summed E-state index contributed by atoms with van der Waals surface area (Å²) in [7, 11) is -9.18. The molecular formula is C24H45ClN10O11S3. The summed E-state index contributed by atoms with van der Waals surface area (Å²) in [6, 6.07) is -4.11. The summed E-state index contributed by atoms with van der Waals surface area (Å²) in [6.07, 6.45) is -4.86. The third-order valence-electron chi connectivity index (χ3n) is 9.49. The molecular weight excluding hydrogens is 736 g/mol. The summed E-state index contributed by atoms with van der Waals surface area (Å²) >= 11 is 10.3. The third kappa shape index (κ3) is 10.1. The van der Waals surface area contributed by atoms with Crippen LogP contribution in [0.2, 0.25) is 0 Å². The number of carbonyl (C=O) groups excluding carboxylic acids is 1. The summed E-state index contributed by atoms with van der Waals surface area (Å²) in [6.45, 7) is 1.96. The number of primary amides is 1. The molecule has 1 heterocycles. The number of hydrogen-bond acceptors (Lipinski definition) is 17. The van der Waals surface area contributed by atoms with Gasteiger partial charge >= 0.3 is 16.4 Å². The van der Waals surface area contributed by atoms with Gasteiger partial charge in [-0.1, -0.05) is 0 Å². The van der Waals surface area contributed by atoms with E-state index >= 15 is 0 Å². The minimum atomic E-state index is -4.84. The van der Waals surface area contributed by atoms with Gasteiger partial charge in [-0.25, -0.2) is 10.1 Å². The topological polar surface area (TPSA) is 322 Å². The summed E-state index contributed by atoms with van der Waals surface area (Å²) in [5.41, 5.74) is 5.59. The van der Waals surface area contributed by atoms with Crippen molar-refractivity contribution >= 4 is 56.7 Å². The highest BCUT2D eigenvalue weighted by Crippen LogP contribution is 2.44. The Morgan fingerprint density at radius 3 is 2.39 bits per heavy atom. The zero-order valence-corrected chi connectivity index (χ0v) is 29.7. The molecule has 0 aromatic heterocycles. The SMILES string of the molecule is CCOC1NC(NC2CC(S(=O)(=O)ON)CC3CC(NS(=O)(=O)O)C(N=NC4CCC(Cl)CC4C(N)=O)C(O)C32)NC(N(CS)C(=O)O)N1. The quantitative estimate of drug-likeness (QED) is 0.0234. The van der Waals surface area contributed by atoms with Crippen LogP contribution < -0.4 is 37.6 Å². The van der Waals surface area contributed by atoms with Crippen LogP contribution >= 0.6 is 24.2 Å². The Labute approximate surface area is 294 Å². The number of aliphatic hydroxyl groups excluding tert-OH is 1. The lowest BCUT2D eigenvalue weighted by Gasteiger charge is -2.52. The van der Waals surface area contributed by atoms with Crippen LogP contribution in [-0.2, 0) is 34.2 Å². The molecule has 0 bridgehead atoms. The van der Waals surface area contributed by atoms with Gasteiger partial charge in [-0.05, 0) is 51.4 Å². The standard InChI is InChI=1S/C24H45ClN10O11S3/c1-2-45-23-30-21(29-22(31-23)35(9-47)24(38)39)28-15-8-12(48(40,41)46-27)5-10-6-16(34-49(42,43)44)18(19(36)17(10)15)33-32-14-4-3-11(25)7-13(14)20(26)37/h10-19,21-23,28-31,34,36,47H,2-9,27H2,1H3,(H2,26,37)(H,38,39)(H,42,43,44). The predicted octanol–water partition coefficient (Wildman–Crippen LogP) is -2.30. The molecule has 13 unspecified atom stereocenters. The molecule has 3 saturated carbocycles. The van der Waals surface area contributed by atoms with Crippen molar-refractivity contribution in [1.29, 1.82) is 0 Å². The lowest BCUT2D eigenvalue weighted by Crippen LogP contribution is -2.77. The Kier molecular flexibility index (Phi) is 13.9. The van der Waals surface area contributed by atoms with E-state index in [9.17, 15) is 41.2 Å². The Morgan fingerprint density at radius 2 is 1.80 bits per heavy atom. The van der Waals surface area contributed by atoms with E-state index in [1.165, 1.54) is 0 Å². The first-order chi connectivity index (χ1) is 23.0. The van der Waals surface area contributed by atoms with E-state index in [4.69, 9.17) is 28.0 Å². The summed E-state index contributed by atoms with van der Waals surface area (Å²) in [5.74, 6) is 2.02. The van der Waals surface area contributed by atoms with E-state index in [0.717, 1.165) is 4.90 Å². The highest BCUT2D eigenvalue weighted by atomic mass is 35.5. The molecule has 21 nitrogen and oxygen atoms in total. The van der Waals surface area contributed by atoms with E-state index in [0.29, 0.717) is 12.8 Å². The van der Waals surface area contributed by atoms with E-state index in [-0.39, 0.29) is 43.5 Å². The van der Waals surface area contributed by atoms with Gasteiger partial charge in [0, 0.05) is 23.9 Å². The number of thiol groups is 1. The zero-order chi connectivity index (χ0) is 36.3. The molecule has 0 radical (unpaired) electrons. The van der Waals surface area contributed by atoms with Crippen molar-refractivity contribution in [2.24, 2.45) is 39.6 Å². The molecule has 282 valence electrons. The Hall–Kier alpha value is -1.52. The number of fused-ring (bicyclic) bond motifs is 1. The molecule has 0 spiro atoms. The maximum atomic E-state index is 12.9. The number of aliphatic hydroxyl groups is 1. The number of ether oxygens (including phenoxy) is 1. The first-order valence-electron chi connectivity index (χ1n) is 15.6. The van der Waals surface area contributed by atoms with Gasteiger partial charge in [0.2, 0.25) is 5.91 Å². The van der Waals surface area contributed by atoms with Gasteiger partial charge in [0.25, 0.3) is 10.1 Å². The lowest BCUT2D eigenvalue weighted by atomic mass is 9.64. The lowest BCUT2D eigenvalue weighted by molar-refractivity contribution is -0.123. The number of nitrogens with one attached hydrogen (secondary N) is 5. The fraction of sp³-hybridized carbons (Fsp3) is 0.917. The molecule has 0 aromatic rings. The second kappa shape index (κ2) is 16.9. The first-order valence-corrected chi connectivity index (χ1v) is 19.6. The van der Waals surface area contributed by atoms with Gasteiger partial charge in [-0.3, -0.25) is 30.2 Å². The number of nitrogens with two attached hydrogens (primary N) is 2. The average molecular weight is 781 g/mol. The molecule has 4 fully saturated rings. The van der Waals surface area contributed by atoms with Crippen LogP contribution in [0.4, 0.5) is 4.79 Å². The second-order valence-electron chi connectivity index (χ2n) is 12.5.